The number of aliphatic hydroxyl groups excluding tert-OH is 1. The fraction of sp³-hybridized carbons (Fsp3) is 0.250. The maximum absolute atomic E-state index is 8.86. The van der Waals surface area contributed by atoms with E-state index in [1.165, 1.54) is 0 Å². The van der Waals surface area contributed by atoms with Crippen molar-refractivity contribution in [3.05, 3.63) is 29.3 Å². The SMILES string of the molecule is COc1ccc([NH+]=[N-])c(CO)c1. The van der Waals surface area contributed by atoms with Crippen molar-refractivity contribution >= 4 is 5.69 Å². The van der Waals surface area contributed by atoms with Gasteiger partial charge >= 0.3 is 0 Å². The summed E-state index contributed by atoms with van der Waals surface area (Å²) < 4.78 is 4.94. The van der Waals surface area contributed by atoms with Crippen molar-refractivity contribution in [2.45, 2.75) is 6.61 Å². The molecular formula is C8H10N2O2. The molecule has 64 valence electrons. The zero-order valence-corrected chi connectivity index (χ0v) is 6.74. The van der Waals surface area contributed by atoms with Gasteiger partial charge in [-0.05, 0) is 12.1 Å². The smallest absolute Gasteiger partial charge is 0.198 e. The molecule has 1 rings (SSSR count). The molecule has 0 aliphatic carbocycles. The van der Waals surface area contributed by atoms with Gasteiger partial charge < -0.3 is 15.4 Å². The van der Waals surface area contributed by atoms with E-state index in [0.717, 1.165) is 0 Å². The van der Waals surface area contributed by atoms with Crippen LogP contribution < -0.4 is 9.85 Å². The summed E-state index contributed by atoms with van der Waals surface area (Å²) in [5.41, 5.74) is 9.69. The van der Waals surface area contributed by atoms with E-state index in [1.54, 1.807) is 25.3 Å². The number of aliphatic hydroxyl groups is 1. The lowest BCUT2D eigenvalue weighted by Gasteiger charge is -2.02. The van der Waals surface area contributed by atoms with Gasteiger partial charge in [0.1, 0.15) is 5.75 Å². The molecule has 0 atom stereocenters. The van der Waals surface area contributed by atoms with Gasteiger partial charge in [0.05, 0.1) is 19.3 Å². The quantitative estimate of drug-likeness (QED) is 0.617. The highest BCUT2D eigenvalue weighted by Crippen LogP contribution is 2.17. The van der Waals surface area contributed by atoms with E-state index in [2.05, 4.69) is 0 Å². The number of ether oxygens (including phenoxy) is 1. The van der Waals surface area contributed by atoms with Crippen molar-refractivity contribution in [2.75, 3.05) is 7.11 Å². The summed E-state index contributed by atoms with van der Waals surface area (Å²) in [5.74, 6) is 0.651. The molecule has 0 bridgehead atoms. The Morgan fingerprint density at radius 2 is 2.33 bits per heavy atom. The van der Waals surface area contributed by atoms with E-state index in [0.29, 0.717) is 17.0 Å². The number of hydrogen-bond acceptors (Lipinski definition) is 2. The molecule has 0 saturated heterocycles. The van der Waals surface area contributed by atoms with E-state index in [4.69, 9.17) is 15.4 Å². The minimum Gasteiger partial charge on any atom is -0.502 e. The van der Waals surface area contributed by atoms with Crippen molar-refractivity contribution < 1.29 is 15.0 Å². The van der Waals surface area contributed by atoms with Crippen LogP contribution in [0.25, 0.3) is 5.53 Å². The largest absolute Gasteiger partial charge is 0.502 e. The first-order chi connectivity index (χ1) is 5.81. The predicted octanol–water partition coefficient (Wildman–Crippen LogP) is -0.0788. The first-order valence-electron chi connectivity index (χ1n) is 3.49. The minimum atomic E-state index is -0.139. The predicted molar refractivity (Wildman–Crippen MR) is 42.9 cm³/mol. The average molecular weight is 166 g/mol. The van der Waals surface area contributed by atoms with Crippen molar-refractivity contribution in [1.82, 2.24) is 0 Å². The fourth-order valence-corrected chi connectivity index (χ4v) is 0.937. The molecule has 0 amide bonds. The number of rotatable bonds is 3. The molecule has 0 radical (unpaired) electrons. The summed E-state index contributed by atoms with van der Waals surface area (Å²) >= 11 is 0. The summed E-state index contributed by atoms with van der Waals surface area (Å²) in [6.45, 7) is -0.139. The van der Waals surface area contributed by atoms with E-state index in [-0.39, 0.29) is 6.61 Å². The summed E-state index contributed by atoms with van der Waals surface area (Å²) in [5, 5.41) is 10.8. The number of methoxy groups -OCH3 is 1. The third kappa shape index (κ3) is 1.60. The van der Waals surface area contributed by atoms with Gasteiger partial charge in [-0.15, -0.1) is 0 Å². The lowest BCUT2D eigenvalue weighted by atomic mass is 10.2. The van der Waals surface area contributed by atoms with E-state index >= 15 is 0 Å². The molecule has 0 heterocycles. The maximum atomic E-state index is 8.86. The zero-order valence-electron chi connectivity index (χ0n) is 6.74. The molecule has 0 aliphatic heterocycles. The zero-order chi connectivity index (χ0) is 8.97. The molecule has 0 aromatic heterocycles. The fourth-order valence-electron chi connectivity index (χ4n) is 0.937. The molecule has 0 spiro atoms. The molecule has 4 heteroatoms. The van der Waals surface area contributed by atoms with Crippen molar-refractivity contribution in [3.63, 3.8) is 0 Å². The van der Waals surface area contributed by atoms with Gasteiger partial charge in [-0.3, -0.25) is 5.11 Å². The Labute approximate surface area is 70.3 Å². The Morgan fingerprint density at radius 1 is 1.58 bits per heavy atom. The van der Waals surface area contributed by atoms with E-state index < -0.39 is 0 Å². The second kappa shape index (κ2) is 3.82. The summed E-state index contributed by atoms with van der Waals surface area (Å²) in [6, 6.07) is 4.97. The van der Waals surface area contributed by atoms with E-state index in [1.807, 2.05) is 5.11 Å². The van der Waals surface area contributed by atoms with Crippen molar-refractivity contribution in [3.8, 4) is 5.75 Å². The molecule has 12 heavy (non-hydrogen) atoms. The molecule has 4 nitrogen and oxygen atoms in total. The Kier molecular flexibility index (Phi) is 2.76. The monoisotopic (exact) mass is 166 g/mol. The van der Waals surface area contributed by atoms with Gasteiger partial charge in [-0.2, -0.15) is 0 Å². The number of hydrogen-bond donors (Lipinski definition) is 2. The minimum absolute atomic E-state index is 0.139. The van der Waals surface area contributed by atoms with E-state index in [9.17, 15) is 0 Å². The Hall–Kier alpha value is -1.42. The third-order valence-corrected chi connectivity index (χ3v) is 1.60. The number of nitrogens with zero attached hydrogens (tertiary/aromatic N) is 1. The summed E-state index contributed by atoms with van der Waals surface area (Å²) in [6.07, 6.45) is 0. The molecule has 0 aliphatic rings. The van der Waals surface area contributed by atoms with Gasteiger partial charge in [0.25, 0.3) is 0 Å². The standard InChI is InChI=1S/C8H10N2O2/c1-12-7-2-3-8(10-9)6(4-7)5-11/h2-4,10-11H,5H2,1H3. The van der Waals surface area contributed by atoms with Gasteiger partial charge in [0.2, 0.25) is 0 Å². The first kappa shape index (κ1) is 8.67. The highest BCUT2D eigenvalue weighted by molar-refractivity contribution is 5.43. The van der Waals surface area contributed by atoms with Crippen molar-refractivity contribution in [1.29, 1.82) is 0 Å². The van der Waals surface area contributed by atoms with Crippen LogP contribution in [0, 0.1) is 0 Å². The number of benzene rings is 1. The van der Waals surface area contributed by atoms with Crippen LogP contribution in [-0.4, -0.2) is 12.2 Å². The Bertz CT molecular complexity index is 286. The normalized spacial score (nSPS) is 9.50. The first-order valence-corrected chi connectivity index (χ1v) is 3.49. The Morgan fingerprint density at radius 3 is 2.83 bits per heavy atom. The topological polar surface area (TPSA) is 65.7 Å². The van der Waals surface area contributed by atoms with Crippen LogP contribution in [0.1, 0.15) is 5.56 Å². The van der Waals surface area contributed by atoms with Crippen LogP contribution in [-0.2, 0) is 6.61 Å². The van der Waals surface area contributed by atoms with Gasteiger partial charge in [0, 0.05) is 6.07 Å². The second-order valence-corrected chi connectivity index (χ2v) is 2.29. The van der Waals surface area contributed by atoms with Crippen LogP contribution in [0.5, 0.6) is 5.75 Å². The van der Waals surface area contributed by atoms with Crippen molar-refractivity contribution in [2.24, 2.45) is 0 Å². The average Bonchev–Trinajstić information content (AvgIpc) is 2.16. The molecule has 1 aromatic carbocycles. The highest BCUT2D eigenvalue weighted by atomic mass is 16.5. The lowest BCUT2D eigenvalue weighted by Crippen LogP contribution is -2.55. The van der Waals surface area contributed by atoms with Crippen LogP contribution in [0.3, 0.4) is 0 Å². The molecule has 2 N–H and O–H groups in total. The molecule has 1 aromatic rings. The third-order valence-electron chi connectivity index (χ3n) is 1.60. The van der Waals surface area contributed by atoms with Crippen LogP contribution >= 0.6 is 0 Å². The molecule has 0 saturated carbocycles. The summed E-state index contributed by atoms with van der Waals surface area (Å²) in [7, 11) is 1.54. The maximum Gasteiger partial charge on any atom is 0.198 e. The molecule has 0 fully saturated rings. The van der Waals surface area contributed by atoms with Gasteiger partial charge in [-0.1, -0.05) is 0 Å². The van der Waals surface area contributed by atoms with Gasteiger partial charge in [0.15, 0.2) is 5.69 Å². The Balaban J connectivity index is 3.10. The summed E-state index contributed by atoms with van der Waals surface area (Å²) in [4.78, 5) is 0. The van der Waals surface area contributed by atoms with Gasteiger partial charge in [-0.25, -0.2) is 0 Å². The lowest BCUT2D eigenvalue weighted by molar-refractivity contribution is -0.380. The number of nitrogens with one attached hydrogen (secondary N) is 1. The highest BCUT2D eigenvalue weighted by Gasteiger charge is 2.04. The van der Waals surface area contributed by atoms with Crippen LogP contribution in [0.2, 0.25) is 0 Å². The van der Waals surface area contributed by atoms with Crippen LogP contribution in [0.15, 0.2) is 18.2 Å². The van der Waals surface area contributed by atoms with Crippen LogP contribution in [0.4, 0.5) is 5.69 Å². The molecular weight excluding hydrogens is 156 g/mol. The second-order valence-electron chi connectivity index (χ2n) is 2.29. The molecule has 0 unspecified atom stereocenters.